The van der Waals surface area contributed by atoms with Gasteiger partial charge in [0.2, 0.25) is 0 Å². The van der Waals surface area contributed by atoms with E-state index < -0.39 is 0 Å². The number of hydrogen-bond donors (Lipinski definition) is 1. The molecule has 0 aromatic heterocycles. The fraction of sp³-hybridized carbons (Fsp3) is 0.222. The quantitative estimate of drug-likeness (QED) is 0.700. The predicted octanol–water partition coefficient (Wildman–Crippen LogP) is 2.11. The number of nitrogens with zero attached hydrogens (tertiary/aromatic N) is 1. The van der Waals surface area contributed by atoms with Crippen molar-refractivity contribution in [2.24, 2.45) is 0 Å². The summed E-state index contributed by atoms with van der Waals surface area (Å²) in [6, 6.07) is 3.59. The Morgan fingerprint density at radius 3 is 2.69 bits per heavy atom. The van der Waals surface area contributed by atoms with E-state index in [1.165, 1.54) is 7.11 Å². The molecule has 68 valence electrons. The van der Waals surface area contributed by atoms with Gasteiger partial charge in [0.25, 0.3) is 0 Å². The standard InChI is InChI=1S/C9H9ClN2O/c1-5-6(4-11)9(12)8(13-2)3-7(5)10/h3H,12H2,1-2H3. The van der Waals surface area contributed by atoms with E-state index in [0.717, 1.165) is 0 Å². The average molecular weight is 197 g/mol. The van der Waals surface area contributed by atoms with Crippen molar-refractivity contribution in [2.45, 2.75) is 6.92 Å². The number of methoxy groups -OCH3 is 1. The molecule has 0 bridgehead atoms. The van der Waals surface area contributed by atoms with Crippen molar-refractivity contribution in [1.82, 2.24) is 0 Å². The zero-order valence-corrected chi connectivity index (χ0v) is 8.14. The molecule has 0 aliphatic heterocycles. The first kappa shape index (κ1) is 9.69. The highest BCUT2D eigenvalue weighted by atomic mass is 35.5. The van der Waals surface area contributed by atoms with Gasteiger partial charge in [-0.2, -0.15) is 5.26 Å². The monoisotopic (exact) mass is 196 g/mol. The topological polar surface area (TPSA) is 59.0 Å². The smallest absolute Gasteiger partial charge is 0.144 e. The number of benzene rings is 1. The SMILES string of the molecule is COc1cc(Cl)c(C)c(C#N)c1N. The van der Waals surface area contributed by atoms with E-state index in [0.29, 0.717) is 27.6 Å². The molecular formula is C9H9ClN2O. The van der Waals surface area contributed by atoms with E-state index in [-0.39, 0.29) is 0 Å². The first-order chi connectivity index (χ1) is 6.11. The van der Waals surface area contributed by atoms with E-state index in [1.807, 2.05) is 6.07 Å². The lowest BCUT2D eigenvalue weighted by Gasteiger charge is -2.09. The molecule has 4 heteroatoms. The van der Waals surface area contributed by atoms with Crippen LogP contribution in [0.3, 0.4) is 0 Å². The highest BCUT2D eigenvalue weighted by Gasteiger charge is 2.11. The van der Waals surface area contributed by atoms with Crippen LogP contribution < -0.4 is 10.5 Å². The maximum absolute atomic E-state index is 8.80. The van der Waals surface area contributed by atoms with Crippen molar-refractivity contribution in [2.75, 3.05) is 12.8 Å². The number of ether oxygens (including phenoxy) is 1. The molecule has 0 radical (unpaired) electrons. The molecular weight excluding hydrogens is 188 g/mol. The van der Waals surface area contributed by atoms with Crippen LogP contribution in [0.2, 0.25) is 5.02 Å². The first-order valence-electron chi connectivity index (χ1n) is 3.64. The Balaban J connectivity index is 3.50. The molecule has 0 amide bonds. The van der Waals surface area contributed by atoms with Gasteiger partial charge >= 0.3 is 0 Å². The molecule has 1 rings (SSSR count). The van der Waals surface area contributed by atoms with Crippen LogP contribution in [0.5, 0.6) is 5.75 Å². The summed E-state index contributed by atoms with van der Waals surface area (Å²) in [7, 11) is 1.48. The number of halogens is 1. The molecule has 0 aliphatic rings. The fourth-order valence-corrected chi connectivity index (χ4v) is 1.25. The second kappa shape index (κ2) is 3.55. The van der Waals surface area contributed by atoms with Crippen LogP contribution in [0.15, 0.2) is 6.07 Å². The summed E-state index contributed by atoms with van der Waals surface area (Å²) in [4.78, 5) is 0. The number of nitriles is 1. The Kier molecular flexibility index (Phi) is 2.64. The molecule has 2 N–H and O–H groups in total. The Labute approximate surface area is 81.7 Å². The second-order valence-corrected chi connectivity index (χ2v) is 2.99. The summed E-state index contributed by atoms with van der Waals surface area (Å²) >= 11 is 5.86. The minimum Gasteiger partial charge on any atom is -0.494 e. The molecule has 3 nitrogen and oxygen atoms in total. The lowest BCUT2D eigenvalue weighted by atomic mass is 10.1. The van der Waals surface area contributed by atoms with Gasteiger partial charge in [-0.3, -0.25) is 0 Å². The van der Waals surface area contributed by atoms with Gasteiger partial charge in [0, 0.05) is 11.1 Å². The highest BCUT2D eigenvalue weighted by Crippen LogP contribution is 2.32. The summed E-state index contributed by atoms with van der Waals surface area (Å²) in [6.45, 7) is 1.75. The van der Waals surface area contributed by atoms with Crippen molar-refractivity contribution in [3.63, 3.8) is 0 Å². The Morgan fingerprint density at radius 2 is 2.23 bits per heavy atom. The van der Waals surface area contributed by atoms with Gasteiger partial charge in [0.05, 0.1) is 18.4 Å². The van der Waals surface area contributed by atoms with E-state index in [1.54, 1.807) is 13.0 Å². The van der Waals surface area contributed by atoms with Crippen molar-refractivity contribution in [1.29, 1.82) is 5.26 Å². The molecule has 1 aromatic carbocycles. The molecule has 0 saturated heterocycles. The molecule has 0 fully saturated rings. The zero-order valence-electron chi connectivity index (χ0n) is 7.39. The molecule has 0 atom stereocenters. The molecule has 13 heavy (non-hydrogen) atoms. The van der Waals surface area contributed by atoms with Crippen LogP contribution >= 0.6 is 11.6 Å². The van der Waals surface area contributed by atoms with Crippen molar-refractivity contribution in [3.05, 3.63) is 22.2 Å². The van der Waals surface area contributed by atoms with E-state index in [9.17, 15) is 0 Å². The first-order valence-corrected chi connectivity index (χ1v) is 4.02. The highest BCUT2D eigenvalue weighted by molar-refractivity contribution is 6.31. The molecule has 0 saturated carbocycles. The lowest BCUT2D eigenvalue weighted by molar-refractivity contribution is 0.417. The summed E-state index contributed by atoms with van der Waals surface area (Å²) in [5, 5.41) is 9.29. The van der Waals surface area contributed by atoms with E-state index >= 15 is 0 Å². The van der Waals surface area contributed by atoms with Crippen LogP contribution in [0.25, 0.3) is 0 Å². The van der Waals surface area contributed by atoms with Crippen LogP contribution in [0, 0.1) is 18.3 Å². The van der Waals surface area contributed by atoms with Crippen LogP contribution in [0.4, 0.5) is 5.69 Å². The zero-order chi connectivity index (χ0) is 10.0. The molecule has 0 spiro atoms. The average Bonchev–Trinajstić information content (AvgIpc) is 2.12. The van der Waals surface area contributed by atoms with Gasteiger partial charge in [0.15, 0.2) is 0 Å². The Bertz CT molecular complexity index is 382. The van der Waals surface area contributed by atoms with Crippen LogP contribution in [-0.2, 0) is 0 Å². The summed E-state index contributed by atoms with van der Waals surface area (Å²) in [5.74, 6) is 0.437. The van der Waals surface area contributed by atoms with Gasteiger partial charge < -0.3 is 10.5 Å². The van der Waals surface area contributed by atoms with Gasteiger partial charge in [-0.05, 0) is 12.5 Å². The molecule has 0 heterocycles. The van der Waals surface area contributed by atoms with Crippen LogP contribution in [0.1, 0.15) is 11.1 Å². The largest absolute Gasteiger partial charge is 0.494 e. The summed E-state index contributed by atoms with van der Waals surface area (Å²) in [5.41, 5.74) is 7.07. The third-order valence-electron chi connectivity index (χ3n) is 1.86. The second-order valence-electron chi connectivity index (χ2n) is 2.59. The third kappa shape index (κ3) is 1.53. The fourth-order valence-electron chi connectivity index (χ4n) is 1.06. The molecule has 1 aromatic rings. The number of hydrogen-bond acceptors (Lipinski definition) is 3. The van der Waals surface area contributed by atoms with Crippen molar-refractivity contribution >= 4 is 17.3 Å². The maximum Gasteiger partial charge on any atom is 0.144 e. The van der Waals surface area contributed by atoms with Crippen molar-refractivity contribution < 1.29 is 4.74 Å². The minimum atomic E-state index is 0.340. The van der Waals surface area contributed by atoms with Gasteiger partial charge in [-0.25, -0.2) is 0 Å². The number of rotatable bonds is 1. The van der Waals surface area contributed by atoms with Gasteiger partial charge in [0.1, 0.15) is 11.8 Å². The predicted molar refractivity (Wildman–Crippen MR) is 51.9 cm³/mol. The lowest BCUT2D eigenvalue weighted by Crippen LogP contribution is -1.98. The Hall–Kier alpha value is -1.40. The van der Waals surface area contributed by atoms with E-state index in [4.69, 9.17) is 27.3 Å². The van der Waals surface area contributed by atoms with Gasteiger partial charge in [-0.1, -0.05) is 11.6 Å². The number of nitrogens with two attached hydrogens (primary N) is 1. The van der Waals surface area contributed by atoms with E-state index in [2.05, 4.69) is 0 Å². The normalized spacial score (nSPS) is 9.38. The van der Waals surface area contributed by atoms with Crippen LogP contribution in [-0.4, -0.2) is 7.11 Å². The van der Waals surface area contributed by atoms with Gasteiger partial charge in [-0.15, -0.1) is 0 Å². The maximum atomic E-state index is 8.80. The number of anilines is 1. The Morgan fingerprint density at radius 1 is 1.62 bits per heavy atom. The number of nitrogen functional groups attached to an aromatic ring is 1. The molecule has 0 unspecified atom stereocenters. The van der Waals surface area contributed by atoms with Crippen molar-refractivity contribution in [3.8, 4) is 11.8 Å². The molecule has 0 aliphatic carbocycles. The minimum absolute atomic E-state index is 0.340. The third-order valence-corrected chi connectivity index (χ3v) is 2.25. The summed E-state index contributed by atoms with van der Waals surface area (Å²) in [6.07, 6.45) is 0. The summed E-state index contributed by atoms with van der Waals surface area (Å²) < 4.78 is 4.96.